The van der Waals surface area contributed by atoms with Crippen LogP contribution in [0.3, 0.4) is 0 Å². The van der Waals surface area contributed by atoms with E-state index in [-0.39, 0.29) is 12.1 Å². The summed E-state index contributed by atoms with van der Waals surface area (Å²) >= 11 is 0. The Morgan fingerprint density at radius 2 is 1.85 bits per heavy atom. The van der Waals surface area contributed by atoms with Crippen molar-refractivity contribution in [3.63, 3.8) is 0 Å². The highest BCUT2D eigenvalue weighted by Crippen LogP contribution is 2.31. The van der Waals surface area contributed by atoms with Crippen molar-refractivity contribution in [1.82, 2.24) is 5.32 Å². The van der Waals surface area contributed by atoms with E-state index in [4.69, 9.17) is 4.42 Å². The maximum absolute atomic E-state index is 12.4. The summed E-state index contributed by atoms with van der Waals surface area (Å²) in [6.07, 6.45) is 3.71. The third-order valence-corrected chi connectivity index (χ3v) is 6.49. The van der Waals surface area contributed by atoms with Crippen molar-refractivity contribution in [2.75, 3.05) is 24.5 Å². The number of fused-ring (bicyclic) bond motifs is 1. The van der Waals surface area contributed by atoms with Crippen LogP contribution in [0.5, 0.6) is 0 Å². The first-order valence-corrected chi connectivity index (χ1v) is 12.0. The number of carbonyl (C=O) groups is 1. The van der Waals surface area contributed by atoms with Crippen molar-refractivity contribution in [3.05, 3.63) is 59.9 Å². The highest BCUT2D eigenvalue weighted by Gasteiger charge is 2.18. The van der Waals surface area contributed by atoms with Crippen LogP contribution in [0.4, 0.5) is 5.69 Å². The maximum atomic E-state index is 12.4. The predicted octanol–water partition coefficient (Wildman–Crippen LogP) is 5.27. The molecule has 2 N–H and O–H groups in total. The number of nitrogens with one attached hydrogen (secondary N) is 1. The lowest BCUT2D eigenvalue weighted by molar-refractivity contribution is -0.117. The number of rotatable bonds is 7. The summed E-state index contributed by atoms with van der Waals surface area (Å²) in [6.45, 7) is 5.86. The van der Waals surface area contributed by atoms with E-state index in [1.807, 2.05) is 25.1 Å². The molecule has 4 rings (SSSR count). The van der Waals surface area contributed by atoms with Gasteiger partial charge in [0.25, 0.3) is 5.91 Å². The molecule has 0 bridgehead atoms. The highest BCUT2D eigenvalue weighted by atomic mass is 16.3. The minimum atomic E-state index is -0.636. The van der Waals surface area contributed by atoms with Gasteiger partial charge in [-0.05, 0) is 73.7 Å². The Kier molecular flexibility index (Phi) is 7.34. The molecule has 1 aromatic heterocycles. The van der Waals surface area contributed by atoms with Crippen LogP contribution in [0, 0.1) is 11.3 Å². The average molecular weight is 458 g/mol. The third-order valence-electron chi connectivity index (χ3n) is 6.49. The molecule has 1 atom stereocenters. The second-order valence-corrected chi connectivity index (χ2v) is 8.84. The Bertz CT molecular complexity index is 1250. The van der Waals surface area contributed by atoms with Gasteiger partial charge >= 0.3 is 0 Å². The number of hydrogen-bond donors (Lipinski definition) is 2. The zero-order chi connectivity index (χ0) is 24.1. The van der Waals surface area contributed by atoms with Crippen molar-refractivity contribution in [2.24, 2.45) is 0 Å². The molecule has 6 nitrogen and oxygen atoms in total. The first-order chi connectivity index (χ1) is 16.5. The van der Waals surface area contributed by atoms with Crippen molar-refractivity contribution < 1.29 is 14.3 Å². The molecular formula is C28H31N3O3. The van der Waals surface area contributed by atoms with Crippen LogP contribution in [0.1, 0.15) is 45.3 Å². The maximum Gasteiger partial charge on any atom is 0.262 e. The van der Waals surface area contributed by atoms with Crippen LogP contribution in [0.2, 0.25) is 0 Å². The molecule has 0 spiro atoms. The lowest BCUT2D eigenvalue weighted by Crippen LogP contribution is -2.32. The molecule has 1 aliphatic heterocycles. The van der Waals surface area contributed by atoms with E-state index in [9.17, 15) is 15.2 Å². The lowest BCUT2D eigenvalue weighted by Gasteiger charge is -2.29. The Hall–Kier alpha value is -3.56. The fourth-order valence-electron chi connectivity index (χ4n) is 4.30. The van der Waals surface area contributed by atoms with Gasteiger partial charge in [-0.3, -0.25) is 4.79 Å². The molecule has 1 amide bonds. The molecular weight excluding hydrogens is 426 g/mol. The Balaban J connectivity index is 1.55. The second-order valence-electron chi connectivity index (χ2n) is 8.84. The molecule has 1 unspecified atom stereocenters. The predicted molar refractivity (Wildman–Crippen MR) is 135 cm³/mol. The fraction of sp³-hybridized carbons (Fsp3) is 0.357. The van der Waals surface area contributed by atoms with E-state index in [1.165, 1.54) is 30.3 Å². The van der Waals surface area contributed by atoms with Crippen molar-refractivity contribution in [2.45, 2.75) is 45.6 Å². The Morgan fingerprint density at radius 3 is 2.59 bits per heavy atom. The van der Waals surface area contributed by atoms with Gasteiger partial charge in [-0.15, -0.1) is 0 Å². The monoisotopic (exact) mass is 457 g/mol. The zero-order valence-electron chi connectivity index (χ0n) is 19.8. The topological polar surface area (TPSA) is 89.5 Å². The molecule has 1 saturated heterocycles. The number of aliphatic hydroxyl groups is 1. The number of furan rings is 1. The van der Waals surface area contributed by atoms with E-state index in [0.717, 1.165) is 24.0 Å². The van der Waals surface area contributed by atoms with Gasteiger partial charge in [0, 0.05) is 36.5 Å². The van der Waals surface area contributed by atoms with Crippen LogP contribution in [0.15, 0.2) is 58.5 Å². The molecule has 176 valence electrons. The molecule has 6 heteroatoms. The lowest BCUT2D eigenvalue weighted by atomic mass is 10.0. The summed E-state index contributed by atoms with van der Waals surface area (Å²) in [5.74, 6) is 0.634. The molecule has 0 aliphatic carbocycles. The summed E-state index contributed by atoms with van der Waals surface area (Å²) in [5.41, 5.74) is 2.65. The summed E-state index contributed by atoms with van der Waals surface area (Å²) in [6, 6.07) is 18.4. The second kappa shape index (κ2) is 10.6. The summed E-state index contributed by atoms with van der Waals surface area (Å²) in [7, 11) is 0. The smallest absolute Gasteiger partial charge is 0.262 e. The van der Waals surface area contributed by atoms with Crippen LogP contribution < -0.4 is 10.2 Å². The van der Waals surface area contributed by atoms with Gasteiger partial charge in [0.1, 0.15) is 23.2 Å². The number of amides is 1. The quantitative estimate of drug-likeness (QED) is 0.372. The van der Waals surface area contributed by atoms with Gasteiger partial charge in [-0.25, -0.2) is 0 Å². The highest BCUT2D eigenvalue weighted by molar-refractivity contribution is 6.04. The standard InChI is InChI=1S/C28H31N3O3/c1-3-24(32)18-30-28(33)25(17-29)19(2)26-11-12-27(34-26)22-8-7-21-16-23(10-9-20(21)15-22)31-13-5-4-6-14-31/h7-12,15-16,24,32H,3-6,13-14,18H2,1-2H3,(H,30,33)/b25-19+. The van der Waals surface area contributed by atoms with E-state index in [2.05, 4.69) is 40.5 Å². The largest absolute Gasteiger partial charge is 0.456 e. The third kappa shape index (κ3) is 5.16. The Morgan fingerprint density at radius 1 is 1.12 bits per heavy atom. The molecule has 0 saturated carbocycles. The van der Waals surface area contributed by atoms with E-state index in [0.29, 0.717) is 23.5 Å². The number of allylic oxidation sites excluding steroid dienone is 1. The summed E-state index contributed by atoms with van der Waals surface area (Å²) < 4.78 is 6.03. The molecule has 1 fully saturated rings. The van der Waals surface area contributed by atoms with Crippen LogP contribution >= 0.6 is 0 Å². The SMILES string of the molecule is CCC(O)CNC(=O)/C(C#N)=C(\C)c1ccc(-c2ccc3cc(N4CCCCC4)ccc3c2)o1. The molecule has 2 aromatic carbocycles. The van der Waals surface area contributed by atoms with Gasteiger partial charge in [-0.1, -0.05) is 25.1 Å². The minimum absolute atomic E-state index is 0.0204. The van der Waals surface area contributed by atoms with Crippen LogP contribution in [0.25, 0.3) is 27.7 Å². The minimum Gasteiger partial charge on any atom is -0.456 e. The van der Waals surface area contributed by atoms with Crippen molar-refractivity contribution >= 4 is 27.9 Å². The molecule has 34 heavy (non-hydrogen) atoms. The normalized spacial score (nSPS) is 15.5. The summed E-state index contributed by atoms with van der Waals surface area (Å²) in [5, 5.41) is 24.1. The Labute approximate surface area is 200 Å². The van der Waals surface area contributed by atoms with E-state index < -0.39 is 12.0 Å². The van der Waals surface area contributed by atoms with Gasteiger partial charge in [0.05, 0.1) is 6.10 Å². The van der Waals surface area contributed by atoms with Gasteiger partial charge in [0.2, 0.25) is 0 Å². The number of anilines is 1. The van der Waals surface area contributed by atoms with Crippen molar-refractivity contribution in [3.8, 4) is 17.4 Å². The number of piperidine rings is 1. The number of nitrogens with zero attached hydrogens (tertiary/aromatic N) is 2. The molecule has 1 aliphatic rings. The van der Waals surface area contributed by atoms with Gasteiger partial charge < -0.3 is 19.7 Å². The fourth-order valence-corrected chi connectivity index (χ4v) is 4.30. The average Bonchev–Trinajstić information content (AvgIpc) is 3.38. The van der Waals surface area contributed by atoms with Crippen LogP contribution in [-0.2, 0) is 4.79 Å². The zero-order valence-corrected chi connectivity index (χ0v) is 19.8. The molecule has 2 heterocycles. The van der Waals surface area contributed by atoms with Crippen LogP contribution in [-0.4, -0.2) is 36.8 Å². The molecule has 3 aromatic rings. The number of aliphatic hydroxyl groups excluding tert-OH is 1. The first kappa shape index (κ1) is 23.6. The number of benzene rings is 2. The summed E-state index contributed by atoms with van der Waals surface area (Å²) in [4.78, 5) is 14.9. The number of hydrogen-bond acceptors (Lipinski definition) is 5. The number of carbonyl (C=O) groups excluding carboxylic acids is 1. The van der Waals surface area contributed by atoms with E-state index >= 15 is 0 Å². The number of nitriles is 1. The van der Waals surface area contributed by atoms with Crippen molar-refractivity contribution in [1.29, 1.82) is 5.26 Å². The van der Waals surface area contributed by atoms with Gasteiger partial charge in [0.15, 0.2) is 0 Å². The first-order valence-electron chi connectivity index (χ1n) is 12.0. The van der Waals surface area contributed by atoms with E-state index in [1.54, 1.807) is 13.0 Å². The molecule has 0 radical (unpaired) electrons. The van der Waals surface area contributed by atoms with Gasteiger partial charge in [-0.2, -0.15) is 5.26 Å².